The molecule has 2 aromatic rings. The van der Waals surface area contributed by atoms with Crippen molar-refractivity contribution in [2.45, 2.75) is 13.5 Å². The Bertz CT molecular complexity index is 520. The van der Waals surface area contributed by atoms with E-state index in [1.807, 2.05) is 19.1 Å². The Morgan fingerprint density at radius 3 is 2.65 bits per heavy atom. The molecule has 1 N–H and O–H groups in total. The maximum Gasteiger partial charge on any atom is 0.183 e. The lowest BCUT2D eigenvalue weighted by atomic mass is 10.2. The third kappa shape index (κ3) is 3.10. The summed E-state index contributed by atoms with van der Waals surface area (Å²) in [5.41, 5.74) is 1.37. The molecule has 0 unspecified atom stereocenters. The molecule has 0 atom stereocenters. The molecule has 2 nitrogen and oxygen atoms in total. The number of hydrogen-bond acceptors (Lipinski definition) is 2. The second-order valence-corrected chi connectivity index (χ2v) is 5.25. The van der Waals surface area contributed by atoms with E-state index in [0.717, 1.165) is 15.8 Å². The zero-order valence-electron chi connectivity index (χ0n) is 9.06. The predicted octanol–water partition coefficient (Wildman–Crippen LogP) is 4.86. The van der Waals surface area contributed by atoms with E-state index >= 15 is 0 Å². The van der Waals surface area contributed by atoms with E-state index in [1.165, 1.54) is 6.07 Å². The number of nitrogens with one attached hydrogen (secondary N) is 1. The van der Waals surface area contributed by atoms with Gasteiger partial charge in [0.15, 0.2) is 4.67 Å². The van der Waals surface area contributed by atoms with Gasteiger partial charge in [-0.3, -0.25) is 0 Å². The van der Waals surface area contributed by atoms with Gasteiger partial charge in [0.05, 0.1) is 16.7 Å². The molecule has 0 fully saturated rings. The SMILES string of the molecule is Cc1ccc(NCc2cc(Br)c(Br)o2)c(F)c1. The maximum atomic E-state index is 13.5. The van der Waals surface area contributed by atoms with Crippen molar-refractivity contribution in [3.63, 3.8) is 0 Å². The minimum atomic E-state index is -0.255. The Hall–Kier alpha value is -0.810. The largest absolute Gasteiger partial charge is 0.451 e. The van der Waals surface area contributed by atoms with Crippen LogP contribution in [0.4, 0.5) is 10.1 Å². The molecule has 1 aromatic heterocycles. The maximum absolute atomic E-state index is 13.5. The zero-order chi connectivity index (χ0) is 12.4. The first kappa shape index (κ1) is 12.6. The van der Waals surface area contributed by atoms with E-state index in [1.54, 1.807) is 6.07 Å². The van der Waals surface area contributed by atoms with E-state index < -0.39 is 0 Å². The fourth-order valence-corrected chi connectivity index (χ4v) is 2.08. The molecule has 0 spiro atoms. The van der Waals surface area contributed by atoms with Gasteiger partial charge in [-0.25, -0.2) is 4.39 Å². The third-order valence-corrected chi connectivity index (χ3v) is 3.98. The number of benzene rings is 1. The van der Waals surface area contributed by atoms with Crippen LogP contribution in [0.25, 0.3) is 0 Å². The highest BCUT2D eigenvalue weighted by Gasteiger charge is 2.07. The standard InChI is InChI=1S/C12H10Br2FNO/c1-7-2-3-11(10(15)4-7)16-6-8-5-9(13)12(14)17-8/h2-5,16H,6H2,1H3. The van der Waals surface area contributed by atoms with Gasteiger partial charge in [-0.1, -0.05) is 6.07 Å². The van der Waals surface area contributed by atoms with Gasteiger partial charge < -0.3 is 9.73 Å². The van der Waals surface area contributed by atoms with E-state index in [-0.39, 0.29) is 5.82 Å². The topological polar surface area (TPSA) is 25.2 Å². The minimum Gasteiger partial charge on any atom is -0.451 e. The number of rotatable bonds is 3. The van der Waals surface area contributed by atoms with E-state index in [4.69, 9.17) is 4.42 Å². The van der Waals surface area contributed by atoms with Crippen molar-refractivity contribution in [2.75, 3.05) is 5.32 Å². The van der Waals surface area contributed by atoms with Crippen molar-refractivity contribution in [1.29, 1.82) is 0 Å². The molecule has 0 aliphatic heterocycles. The summed E-state index contributed by atoms with van der Waals surface area (Å²) in [7, 11) is 0. The average molecular weight is 363 g/mol. The Kier molecular flexibility index (Phi) is 3.89. The quantitative estimate of drug-likeness (QED) is 0.843. The highest BCUT2D eigenvalue weighted by atomic mass is 79.9. The van der Waals surface area contributed by atoms with Crippen molar-refractivity contribution in [3.8, 4) is 0 Å². The van der Waals surface area contributed by atoms with Gasteiger partial charge in [0.1, 0.15) is 11.6 Å². The predicted molar refractivity (Wildman–Crippen MR) is 72.6 cm³/mol. The highest BCUT2D eigenvalue weighted by Crippen LogP contribution is 2.27. The normalized spacial score (nSPS) is 10.6. The molecule has 0 aliphatic carbocycles. The summed E-state index contributed by atoms with van der Waals surface area (Å²) in [6.07, 6.45) is 0. The lowest BCUT2D eigenvalue weighted by Gasteiger charge is -2.06. The molecular formula is C12H10Br2FNO. The first-order valence-electron chi connectivity index (χ1n) is 5.00. The summed E-state index contributed by atoms with van der Waals surface area (Å²) in [4.78, 5) is 0. The van der Waals surface area contributed by atoms with Crippen molar-refractivity contribution >= 4 is 37.5 Å². The molecule has 0 bridgehead atoms. The molecule has 90 valence electrons. The van der Waals surface area contributed by atoms with Gasteiger partial charge in [-0.2, -0.15) is 0 Å². The molecule has 0 amide bonds. The van der Waals surface area contributed by atoms with Crippen molar-refractivity contribution in [1.82, 2.24) is 0 Å². The Morgan fingerprint density at radius 1 is 1.29 bits per heavy atom. The van der Waals surface area contributed by atoms with Crippen molar-refractivity contribution in [3.05, 3.63) is 50.5 Å². The summed E-state index contributed by atoms with van der Waals surface area (Å²) in [6.45, 7) is 2.29. The number of hydrogen-bond donors (Lipinski definition) is 1. The first-order chi connectivity index (χ1) is 8.06. The van der Waals surface area contributed by atoms with E-state index in [2.05, 4.69) is 37.2 Å². The summed E-state index contributed by atoms with van der Waals surface area (Å²) in [6, 6.07) is 6.91. The smallest absolute Gasteiger partial charge is 0.183 e. The molecule has 2 rings (SSSR count). The fraction of sp³-hybridized carbons (Fsp3) is 0.167. The van der Waals surface area contributed by atoms with Crippen LogP contribution in [0.1, 0.15) is 11.3 Å². The fourth-order valence-electron chi connectivity index (χ4n) is 1.42. The molecule has 5 heteroatoms. The average Bonchev–Trinajstić information content (AvgIpc) is 2.57. The van der Waals surface area contributed by atoms with Crippen LogP contribution in [0.3, 0.4) is 0 Å². The second-order valence-electron chi connectivity index (χ2n) is 3.67. The lowest BCUT2D eigenvalue weighted by molar-refractivity contribution is 0.493. The number of anilines is 1. The Morgan fingerprint density at radius 2 is 2.06 bits per heavy atom. The van der Waals surface area contributed by atoms with Crippen LogP contribution < -0.4 is 5.32 Å². The molecule has 17 heavy (non-hydrogen) atoms. The lowest BCUT2D eigenvalue weighted by Crippen LogP contribution is -2.00. The van der Waals surface area contributed by atoms with Crippen LogP contribution in [-0.2, 0) is 6.54 Å². The molecule has 0 saturated heterocycles. The number of halogens is 3. The molecule has 0 radical (unpaired) electrons. The van der Waals surface area contributed by atoms with Crippen LogP contribution in [0, 0.1) is 12.7 Å². The van der Waals surface area contributed by atoms with Crippen molar-refractivity contribution < 1.29 is 8.81 Å². The van der Waals surface area contributed by atoms with Gasteiger partial charge >= 0.3 is 0 Å². The summed E-state index contributed by atoms with van der Waals surface area (Å²) >= 11 is 6.57. The number of furan rings is 1. The Labute approximate surface area is 115 Å². The molecule has 0 aliphatic rings. The summed E-state index contributed by atoms with van der Waals surface area (Å²) in [5.74, 6) is 0.471. The van der Waals surface area contributed by atoms with Gasteiger partial charge in [-0.15, -0.1) is 0 Å². The second kappa shape index (κ2) is 5.23. The Balaban J connectivity index is 2.07. The first-order valence-corrected chi connectivity index (χ1v) is 6.58. The van der Waals surface area contributed by atoms with Gasteiger partial charge in [0.25, 0.3) is 0 Å². The van der Waals surface area contributed by atoms with Crippen LogP contribution in [0.15, 0.2) is 37.8 Å². The van der Waals surface area contributed by atoms with Crippen LogP contribution in [-0.4, -0.2) is 0 Å². The number of aryl methyl sites for hydroxylation is 1. The monoisotopic (exact) mass is 361 g/mol. The summed E-state index contributed by atoms with van der Waals surface area (Å²) in [5, 5.41) is 2.99. The van der Waals surface area contributed by atoms with Gasteiger partial charge in [0.2, 0.25) is 0 Å². The van der Waals surface area contributed by atoms with Crippen molar-refractivity contribution in [2.24, 2.45) is 0 Å². The van der Waals surface area contributed by atoms with Crippen LogP contribution in [0.5, 0.6) is 0 Å². The van der Waals surface area contributed by atoms with Gasteiger partial charge in [0, 0.05) is 0 Å². The zero-order valence-corrected chi connectivity index (χ0v) is 12.2. The van der Waals surface area contributed by atoms with Gasteiger partial charge in [-0.05, 0) is 62.5 Å². The molecule has 1 heterocycles. The molecular weight excluding hydrogens is 353 g/mol. The van der Waals surface area contributed by atoms with Crippen LogP contribution >= 0.6 is 31.9 Å². The third-order valence-electron chi connectivity index (χ3n) is 2.27. The highest BCUT2D eigenvalue weighted by molar-refractivity contribution is 9.13. The molecule has 0 saturated carbocycles. The van der Waals surface area contributed by atoms with E-state index in [0.29, 0.717) is 16.9 Å². The van der Waals surface area contributed by atoms with E-state index in [9.17, 15) is 4.39 Å². The van der Waals surface area contributed by atoms with Crippen LogP contribution in [0.2, 0.25) is 0 Å². The molecule has 1 aromatic carbocycles. The minimum absolute atomic E-state index is 0.255. The summed E-state index contributed by atoms with van der Waals surface area (Å²) < 4.78 is 20.4.